The van der Waals surface area contributed by atoms with Gasteiger partial charge in [0.2, 0.25) is 0 Å². The summed E-state index contributed by atoms with van der Waals surface area (Å²) < 4.78 is 0. The molecule has 0 radical (unpaired) electrons. The fourth-order valence-corrected chi connectivity index (χ4v) is 2.01. The number of ketones is 1. The van der Waals surface area contributed by atoms with Gasteiger partial charge in [0.1, 0.15) is 0 Å². The second kappa shape index (κ2) is 4.53. The first-order chi connectivity index (χ1) is 7.27. The fraction of sp³-hybridized carbons (Fsp3) is 0.500. The fourth-order valence-electron chi connectivity index (χ4n) is 2.01. The number of Topliss-reactive ketones (excluding diaryl/α,β-unsaturated/α-hetero) is 1. The highest BCUT2D eigenvalue weighted by atomic mass is 16.1. The zero-order chi connectivity index (χ0) is 10.7. The Kier molecular flexibility index (Phi) is 3.11. The van der Waals surface area contributed by atoms with Crippen LogP contribution in [0, 0.1) is 12.8 Å². The summed E-state index contributed by atoms with van der Waals surface area (Å²) in [7, 11) is 0. The molecule has 0 saturated carbocycles. The summed E-state index contributed by atoms with van der Waals surface area (Å²) in [6, 6.07) is 1.93. The molecular formula is C12H16N2O. The third kappa shape index (κ3) is 2.42. The Labute approximate surface area is 89.9 Å². The maximum absolute atomic E-state index is 12.1. The number of aromatic nitrogens is 1. The quantitative estimate of drug-likeness (QED) is 0.743. The number of nitrogens with one attached hydrogen (secondary N) is 1. The van der Waals surface area contributed by atoms with E-state index < -0.39 is 0 Å². The van der Waals surface area contributed by atoms with Crippen LogP contribution in [-0.4, -0.2) is 23.9 Å². The lowest BCUT2D eigenvalue weighted by Crippen LogP contribution is -2.31. The molecule has 0 unspecified atom stereocenters. The van der Waals surface area contributed by atoms with E-state index in [2.05, 4.69) is 10.3 Å². The normalized spacial score (nSPS) is 17.7. The van der Waals surface area contributed by atoms with E-state index >= 15 is 0 Å². The molecule has 0 bridgehead atoms. The Morgan fingerprint density at radius 1 is 1.40 bits per heavy atom. The maximum atomic E-state index is 12.1. The van der Waals surface area contributed by atoms with Crippen LogP contribution in [0.25, 0.3) is 0 Å². The van der Waals surface area contributed by atoms with Gasteiger partial charge in [0.05, 0.1) is 0 Å². The molecule has 1 aliphatic rings. The van der Waals surface area contributed by atoms with Crippen LogP contribution in [0.5, 0.6) is 0 Å². The van der Waals surface area contributed by atoms with Crippen molar-refractivity contribution in [3.63, 3.8) is 0 Å². The Bertz CT molecular complexity index is 356. The van der Waals surface area contributed by atoms with Gasteiger partial charge < -0.3 is 5.32 Å². The van der Waals surface area contributed by atoms with Gasteiger partial charge in [-0.3, -0.25) is 9.78 Å². The first-order valence-electron chi connectivity index (χ1n) is 5.44. The summed E-state index contributed by atoms with van der Waals surface area (Å²) in [6.45, 7) is 3.87. The molecule has 1 aromatic rings. The van der Waals surface area contributed by atoms with Gasteiger partial charge in [-0.1, -0.05) is 0 Å². The van der Waals surface area contributed by atoms with Crippen molar-refractivity contribution in [1.29, 1.82) is 0 Å². The number of carbonyl (C=O) groups is 1. The molecule has 0 spiro atoms. The van der Waals surface area contributed by atoms with Crippen LogP contribution in [0.1, 0.15) is 28.8 Å². The number of pyridine rings is 1. The molecular weight excluding hydrogens is 188 g/mol. The second-order valence-corrected chi connectivity index (χ2v) is 4.14. The Morgan fingerprint density at radius 2 is 2.13 bits per heavy atom. The lowest BCUT2D eigenvalue weighted by atomic mass is 9.90. The topological polar surface area (TPSA) is 42.0 Å². The third-order valence-corrected chi connectivity index (χ3v) is 2.87. The molecule has 0 aromatic carbocycles. The number of rotatable bonds is 2. The molecule has 2 rings (SSSR count). The van der Waals surface area contributed by atoms with Crippen molar-refractivity contribution in [2.24, 2.45) is 5.92 Å². The summed E-state index contributed by atoms with van der Waals surface area (Å²) in [5, 5.41) is 3.26. The largest absolute Gasteiger partial charge is 0.317 e. The molecule has 1 fully saturated rings. The highest BCUT2D eigenvalue weighted by molar-refractivity contribution is 5.97. The average molecular weight is 204 g/mol. The van der Waals surface area contributed by atoms with Crippen molar-refractivity contribution < 1.29 is 4.79 Å². The molecule has 1 N–H and O–H groups in total. The summed E-state index contributed by atoms with van der Waals surface area (Å²) in [4.78, 5) is 16.1. The molecule has 1 aromatic heterocycles. The maximum Gasteiger partial charge on any atom is 0.167 e. The van der Waals surface area contributed by atoms with Gasteiger partial charge >= 0.3 is 0 Å². The number of carbonyl (C=O) groups excluding carboxylic acids is 1. The SMILES string of the molecule is Cc1cncc(C(=O)C2CCNCC2)c1. The van der Waals surface area contributed by atoms with Crippen LogP contribution in [0.3, 0.4) is 0 Å². The zero-order valence-corrected chi connectivity index (χ0v) is 8.99. The molecule has 0 aliphatic carbocycles. The first-order valence-corrected chi connectivity index (χ1v) is 5.44. The predicted molar refractivity (Wildman–Crippen MR) is 58.9 cm³/mol. The standard InChI is InChI=1S/C12H16N2O/c1-9-6-11(8-14-7-9)12(15)10-2-4-13-5-3-10/h6-8,10,13H,2-5H2,1H3. The molecule has 15 heavy (non-hydrogen) atoms. The monoisotopic (exact) mass is 204 g/mol. The summed E-state index contributed by atoms with van der Waals surface area (Å²) in [5.74, 6) is 0.447. The van der Waals surface area contributed by atoms with Crippen LogP contribution >= 0.6 is 0 Å². The van der Waals surface area contributed by atoms with Gasteiger partial charge in [0.25, 0.3) is 0 Å². The molecule has 0 amide bonds. The number of nitrogens with zero attached hydrogens (tertiary/aromatic N) is 1. The van der Waals surface area contributed by atoms with E-state index in [9.17, 15) is 4.79 Å². The lowest BCUT2D eigenvalue weighted by molar-refractivity contribution is 0.0894. The van der Waals surface area contributed by atoms with E-state index in [1.807, 2.05) is 13.0 Å². The lowest BCUT2D eigenvalue weighted by Gasteiger charge is -2.21. The van der Waals surface area contributed by atoms with Gasteiger partial charge in [0.15, 0.2) is 5.78 Å². The number of hydrogen-bond acceptors (Lipinski definition) is 3. The highest BCUT2D eigenvalue weighted by Gasteiger charge is 2.22. The minimum Gasteiger partial charge on any atom is -0.317 e. The van der Waals surface area contributed by atoms with Crippen molar-refractivity contribution in [1.82, 2.24) is 10.3 Å². The van der Waals surface area contributed by atoms with Gasteiger partial charge in [-0.25, -0.2) is 0 Å². The van der Waals surface area contributed by atoms with Crippen molar-refractivity contribution in [3.05, 3.63) is 29.6 Å². The van der Waals surface area contributed by atoms with Crippen molar-refractivity contribution in [3.8, 4) is 0 Å². The van der Waals surface area contributed by atoms with Gasteiger partial charge in [0, 0.05) is 23.9 Å². The van der Waals surface area contributed by atoms with Gasteiger partial charge in [-0.05, 0) is 44.5 Å². The van der Waals surface area contributed by atoms with E-state index in [0.29, 0.717) is 0 Å². The Balaban J connectivity index is 2.12. The molecule has 2 heterocycles. The molecule has 3 heteroatoms. The Morgan fingerprint density at radius 3 is 2.80 bits per heavy atom. The zero-order valence-electron chi connectivity index (χ0n) is 8.99. The van der Waals surface area contributed by atoms with Gasteiger partial charge in [-0.15, -0.1) is 0 Å². The molecule has 1 saturated heterocycles. The predicted octanol–water partition coefficient (Wildman–Crippen LogP) is 1.57. The van der Waals surface area contributed by atoms with E-state index in [4.69, 9.17) is 0 Å². The Hall–Kier alpha value is -1.22. The van der Waals surface area contributed by atoms with E-state index in [1.165, 1.54) is 0 Å². The summed E-state index contributed by atoms with van der Waals surface area (Å²) in [5.41, 5.74) is 1.82. The third-order valence-electron chi connectivity index (χ3n) is 2.87. The molecule has 0 atom stereocenters. The van der Waals surface area contributed by atoms with E-state index in [1.54, 1.807) is 12.4 Å². The second-order valence-electron chi connectivity index (χ2n) is 4.14. The van der Waals surface area contributed by atoms with Crippen LogP contribution < -0.4 is 5.32 Å². The van der Waals surface area contributed by atoms with Crippen molar-refractivity contribution in [2.45, 2.75) is 19.8 Å². The number of piperidine rings is 1. The van der Waals surface area contributed by atoms with Crippen LogP contribution in [0.15, 0.2) is 18.5 Å². The summed E-state index contributed by atoms with van der Waals surface area (Å²) in [6.07, 6.45) is 5.36. The molecule has 80 valence electrons. The average Bonchev–Trinajstić information content (AvgIpc) is 2.29. The smallest absolute Gasteiger partial charge is 0.167 e. The van der Waals surface area contributed by atoms with E-state index in [-0.39, 0.29) is 11.7 Å². The number of hydrogen-bond donors (Lipinski definition) is 1. The highest BCUT2D eigenvalue weighted by Crippen LogP contribution is 2.18. The van der Waals surface area contributed by atoms with E-state index in [0.717, 1.165) is 37.1 Å². The molecule has 1 aliphatic heterocycles. The minimum atomic E-state index is 0.190. The first kappa shape index (κ1) is 10.3. The minimum absolute atomic E-state index is 0.190. The summed E-state index contributed by atoms with van der Waals surface area (Å²) >= 11 is 0. The van der Waals surface area contributed by atoms with Gasteiger partial charge in [-0.2, -0.15) is 0 Å². The number of aryl methyl sites for hydroxylation is 1. The van der Waals surface area contributed by atoms with Crippen LogP contribution in [-0.2, 0) is 0 Å². The van der Waals surface area contributed by atoms with Crippen LogP contribution in [0.2, 0.25) is 0 Å². The van der Waals surface area contributed by atoms with Crippen molar-refractivity contribution >= 4 is 5.78 Å². The van der Waals surface area contributed by atoms with Crippen molar-refractivity contribution in [2.75, 3.05) is 13.1 Å². The van der Waals surface area contributed by atoms with Crippen LogP contribution in [0.4, 0.5) is 0 Å². The molecule has 3 nitrogen and oxygen atoms in total.